The summed E-state index contributed by atoms with van der Waals surface area (Å²) in [6.45, 7) is 4.33. The average molecular weight is 255 g/mol. The van der Waals surface area contributed by atoms with E-state index in [1.165, 1.54) is 0 Å². The molecule has 1 aliphatic heterocycles. The van der Waals surface area contributed by atoms with Crippen molar-refractivity contribution in [1.82, 2.24) is 4.98 Å². The Morgan fingerprint density at radius 2 is 2.24 bits per heavy atom. The second-order valence-corrected chi connectivity index (χ2v) is 6.78. The first kappa shape index (κ1) is 12.2. The number of hydrogen-bond donors (Lipinski definition) is 1. The third-order valence-corrected chi connectivity index (χ3v) is 4.90. The maximum atomic E-state index is 11.5. The van der Waals surface area contributed by atoms with Crippen molar-refractivity contribution >= 4 is 21.3 Å². The lowest BCUT2D eigenvalue weighted by Crippen LogP contribution is -2.47. The van der Waals surface area contributed by atoms with Crippen molar-refractivity contribution in [3.63, 3.8) is 0 Å². The Labute approximate surface area is 102 Å². The van der Waals surface area contributed by atoms with Crippen molar-refractivity contribution in [2.75, 3.05) is 28.7 Å². The van der Waals surface area contributed by atoms with Crippen LogP contribution in [-0.2, 0) is 9.84 Å². The highest BCUT2D eigenvalue weighted by Gasteiger charge is 2.28. The van der Waals surface area contributed by atoms with Gasteiger partial charge in [0.25, 0.3) is 0 Å². The predicted octanol–water partition coefficient (Wildman–Crippen LogP) is 0.596. The van der Waals surface area contributed by atoms with Crippen LogP contribution in [0, 0.1) is 6.92 Å². The monoisotopic (exact) mass is 255 g/mol. The van der Waals surface area contributed by atoms with E-state index in [4.69, 9.17) is 5.73 Å². The number of aromatic nitrogens is 1. The van der Waals surface area contributed by atoms with Crippen LogP contribution in [-0.4, -0.2) is 37.5 Å². The maximum Gasteiger partial charge on any atom is 0.154 e. The minimum Gasteiger partial charge on any atom is -0.397 e. The van der Waals surface area contributed by atoms with E-state index in [1.54, 1.807) is 6.20 Å². The van der Waals surface area contributed by atoms with Gasteiger partial charge in [0.1, 0.15) is 5.82 Å². The van der Waals surface area contributed by atoms with Crippen LogP contribution in [0.15, 0.2) is 12.3 Å². The number of nitrogen functional groups attached to an aromatic ring is 1. The molecule has 0 aromatic carbocycles. The van der Waals surface area contributed by atoms with E-state index in [1.807, 2.05) is 24.8 Å². The van der Waals surface area contributed by atoms with Crippen LogP contribution in [0.2, 0.25) is 0 Å². The molecular weight excluding hydrogens is 238 g/mol. The van der Waals surface area contributed by atoms with Gasteiger partial charge in [-0.15, -0.1) is 0 Å². The van der Waals surface area contributed by atoms with Crippen LogP contribution < -0.4 is 10.6 Å². The third-order valence-electron chi connectivity index (χ3n) is 3.10. The predicted molar refractivity (Wildman–Crippen MR) is 68.8 cm³/mol. The Morgan fingerprint density at radius 1 is 1.53 bits per heavy atom. The molecule has 1 aromatic heterocycles. The van der Waals surface area contributed by atoms with Gasteiger partial charge in [-0.1, -0.05) is 0 Å². The SMILES string of the molecule is Cc1cc(N2CCS(=O)(=O)CC2C)ncc1N. The van der Waals surface area contributed by atoms with Crippen LogP contribution in [0.1, 0.15) is 12.5 Å². The van der Waals surface area contributed by atoms with Crippen molar-refractivity contribution < 1.29 is 8.42 Å². The molecule has 2 heterocycles. The first-order chi connectivity index (χ1) is 7.89. The highest BCUT2D eigenvalue weighted by atomic mass is 32.2. The number of sulfone groups is 1. The summed E-state index contributed by atoms with van der Waals surface area (Å²) in [6, 6.07) is 1.87. The molecule has 1 saturated heterocycles. The molecule has 1 fully saturated rings. The molecule has 1 aliphatic rings. The topological polar surface area (TPSA) is 76.3 Å². The summed E-state index contributed by atoms with van der Waals surface area (Å²) < 4.78 is 23.0. The molecule has 1 atom stereocenters. The van der Waals surface area contributed by atoms with Crippen molar-refractivity contribution in [2.24, 2.45) is 0 Å². The molecule has 6 heteroatoms. The van der Waals surface area contributed by atoms with E-state index >= 15 is 0 Å². The largest absolute Gasteiger partial charge is 0.397 e. The molecule has 0 spiro atoms. The summed E-state index contributed by atoms with van der Waals surface area (Å²) in [5.74, 6) is 1.19. The summed E-state index contributed by atoms with van der Waals surface area (Å²) in [7, 11) is -2.89. The van der Waals surface area contributed by atoms with Gasteiger partial charge in [-0.3, -0.25) is 0 Å². The molecule has 0 aliphatic carbocycles. The quantitative estimate of drug-likeness (QED) is 0.795. The highest BCUT2D eigenvalue weighted by Crippen LogP contribution is 2.22. The molecule has 5 nitrogen and oxygen atoms in total. The summed E-state index contributed by atoms with van der Waals surface area (Å²) in [5, 5.41) is 0. The molecule has 94 valence electrons. The number of aryl methyl sites for hydroxylation is 1. The Bertz CT molecular complexity index is 528. The van der Waals surface area contributed by atoms with E-state index in [0.717, 1.165) is 11.4 Å². The fourth-order valence-corrected chi connectivity index (χ4v) is 3.60. The molecule has 0 saturated carbocycles. The van der Waals surface area contributed by atoms with E-state index in [-0.39, 0.29) is 17.5 Å². The van der Waals surface area contributed by atoms with Gasteiger partial charge in [-0.2, -0.15) is 0 Å². The fourth-order valence-electron chi connectivity index (χ4n) is 2.05. The molecule has 0 bridgehead atoms. The van der Waals surface area contributed by atoms with Crippen LogP contribution in [0.3, 0.4) is 0 Å². The summed E-state index contributed by atoms with van der Waals surface area (Å²) in [5.41, 5.74) is 7.35. The number of hydrogen-bond acceptors (Lipinski definition) is 5. The zero-order chi connectivity index (χ0) is 12.6. The third kappa shape index (κ3) is 2.52. The normalized spacial score (nSPS) is 23.6. The summed E-state index contributed by atoms with van der Waals surface area (Å²) in [6.07, 6.45) is 1.63. The van der Waals surface area contributed by atoms with Gasteiger partial charge in [-0.05, 0) is 25.5 Å². The maximum absolute atomic E-state index is 11.5. The molecule has 2 rings (SSSR count). The van der Waals surface area contributed by atoms with Gasteiger partial charge in [0.05, 0.1) is 23.4 Å². The average Bonchev–Trinajstić information content (AvgIpc) is 2.21. The van der Waals surface area contributed by atoms with Crippen LogP contribution in [0.25, 0.3) is 0 Å². The van der Waals surface area contributed by atoms with E-state index in [2.05, 4.69) is 4.98 Å². The molecule has 17 heavy (non-hydrogen) atoms. The Balaban J connectivity index is 2.26. The van der Waals surface area contributed by atoms with Gasteiger partial charge in [-0.25, -0.2) is 13.4 Å². The number of rotatable bonds is 1. The number of nitrogens with two attached hydrogens (primary N) is 1. The number of anilines is 2. The van der Waals surface area contributed by atoms with Crippen molar-refractivity contribution in [1.29, 1.82) is 0 Å². The van der Waals surface area contributed by atoms with E-state index in [9.17, 15) is 8.42 Å². The molecule has 2 N–H and O–H groups in total. The smallest absolute Gasteiger partial charge is 0.154 e. The van der Waals surface area contributed by atoms with Gasteiger partial charge in [0, 0.05) is 12.6 Å². The fraction of sp³-hybridized carbons (Fsp3) is 0.545. The van der Waals surface area contributed by atoms with Crippen LogP contribution >= 0.6 is 0 Å². The Kier molecular flexibility index (Phi) is 2.99. The van der Waals surface area contributed by atoms with Crippen molar-refractivity contribution in [2.45, 2.75) is 19.9 Å². The van der Waals surface area contributed by atoms with Gasteiger partial charge in [0.15, 0.2) is 9.84 Å². The number of nitrogens with zero attached hydrogens (tertiary/aromatic N) is 2. The zero-order valence-corrected chi connectivity index (χ0v) is 10.9. The highest BCUT2D eigenvalue weighted by molar-refractivity contribution is 7.91. The van der Waals surface area contributed by atoms with Gasteiger partial charge >= 0.3 is 0 Å². The van der Waals surface area contributed by atoms with Crippen molar-refractivity contribution in [3.8, 4) is 0 Å². The zero-order valence-electron chi connectivity index (χ0n) is 10.0. The Morgan fingerprint density at radius 3 is 2.82 bits per heavy atom. The van der Waals surface area contributed by atoms with E-state index in [0.29, 0.717) is 12.2 Å². The van der Waals surface area contributed by atoms with Gasteiger partial charge in [0.2, 0.25) is 0 Å². The minimum absolute atomic E-state index is 0.0377. The second-order valence-electron chi connectivity index (χ2n) is 4.56. The van der Waals surface area contributed by atoms with E-state index < -0.39 is 9.84 Å². The second kappa shape index (κ2) is 4.18. The summed E-state index contributed by atoms with van der Waals surface area (Å²) in [4.78, 5) is 6.29. The lowest BCUT2D eigenvalue weighted by atomic mass is 10.2. The summed E-state index contributed by atoms with van der Waals surface area (Å²) >= 11 is 0. The van der Waals surface area contributed by atoms with Crippen LogP contribution in [0.4, 0.5) is 11.5 Å². The molecule has 0 amide bonds. The lowest BCUT2D eigenvalue weighted by Gasteiger charge is -2.34. The Hall–Kier alpha value is -1.30. The molecule has 0 radical (unpaired) electrons. The first-order valence-electron chi connectivity index (χ1n) is 5.58. The standard InChI is InChI=1S/C11H17N3O2S/c1-8-5-11(13-6-10(8)12)14-3-4-17(15,16)7-9(14)2/h5-6,9H,3-4,7,12H2,1-2H3. The molecule has 1 aromatic rings. The minimum atomic E-state index is -2.89. The van der Waals surface area contributed by atoms with Gasteiger partial charge < -0.3 is 10.6 Å². The van der Waals surface area contributed by atoms with Crippen LogP contribution in [0.5, 0.6) is 0 Å². The first-order valence-corrected chi connectivity index (χ1v) is 7.40. The number of pyridine rings is 1. The molecular formula is C11H17N3O2S. The molecule has 1 unspecified atom stereocenters. The van der Waals surface area contributed by atoms with Crippen molar-refractivity contribution in [3.05, 3.63) is 17.8 Å². The lowest BCUT2D eigenvalue weighted by molar-refractivity contribution is 0.567.